The van der Waals surface area contributed by atoms with Crippen molar-refractivity contribution < 1.29 is 9.59 Å². The SMILES string of the molecule is CC[C@H](C)C(=O)C(=O)CN. The average molecular weight is 143 g/mol. The molecule has 0 radical (unpaired) electrons. The third kappa shape index (κ3) is 2.27. The zero-order valence-electron chi connectivity index (χ0n) is 6.39. The van der Waals surface area contributed by atoms with Crippen LogP contribution in [0.15, 0.2) is 0 Å². The predicted molar refractivity (Wildman–Crippen MR) is 38.5 cm³/mol. The van der Waals surface area contributed by atoms with Crippen LogP contribution < -0.4 is 5.73 Å². The highest BCUT2D eigenvalue weighted by molar-refractivity contribution is 6.38. The van der Waals surface area contributed by atoms with Crippen LogP contribution in [0, 0.1) is 5.92 Å². The molecule has 0 rings (SSSR count). The van der Waals surface area contributed by atoms with Crippen LogP contribution in [0.3, 0.4) is 0 Å². The van der Waals surface area contributed by atoms with Gasteiger partial charge < -0.3 is 5.73 Å². The van der Waals surface area contributed by atoms with Gasteiger partial charge in [0.2, 0.25) is 11.6 Å². The maximum absolute atomic E-state index is 10.9. The molecule has 0 amide bonds. The number of carbonyl (C=O) groups excluding carboxylic acids is 2. The fourth-order valence-electron chi connectivity index (χ4n) is 0.561. The van der Waals surface area contributed by atoms with Crippen LogP contribution in [-0.4, -0.2) is 18.1 Å². The summed E-state index contributed by atoms with van der Waals surface area (Å²) in [5.41, 5.74) is 5.00. The summed E-state index contributed by atoms with van der Waals surface area (Å²) in [5.74, 6) is -0.976. The van der Waals surface area contributed by atoms with Crippen LogP contribution in [0.5, 0.6) is 0 Å². The van der Waals surface area contributed by atoms with Crippen molar-refractivity contribution in [1.82, 2.24) is 0 Å². The Morgan fingerprint density at radius 1 is 1.50 bits per heavy atom. The van der Waals surface area contributed by atoms with Crippen LogP contribution in [0.1, 0.15) is 20.3 Å². The van der Waals surface area contributed by atoms with Gasteiger partial charge in [-0.1, -0.05) is 13.8 Å². The Morgan fingerprint density at radius 3 is 2.30 bits per heavy atom. The minimum atomic E-state index is -0.464. The first kappa shape index (κ1) is 9.30. The Hall–Kier alpha value is -0.700. The highest BCUT2D eigenvalue weighted by atomic mass is 16.2. The molecule has 10 heavy (non-hydrogen) atoms. The van der Waals surface area contributed by atoms with Gasteiger partial charge >= 0.3 is 0 Å². The second-order valence-electron chi connectivity index (χ2n) is 2.30. The molecule has 0 unspecified atom stereocenters. The fraction of sp³-hybridized carbons (Fsp3) is 0.714. The van der Waals surface area contributed by atoms with Gasteiger partial charge in [0.15, 0.2) is 0 Å². The molecule has 58 valence electrons. The minimum absolute atomic E-state index is 0.164. The van der Waals surface area contributed by atoms with Crippen molar-refractivity contribution in [3.05, 3.63) is 0 Å². The Morgan fingerprint density at radius 2 is 2.00 bits per heavy atom. The summed E-state index contributed by atoms with van der Waals surface area (Å²) in [6.45, 7) is 3.44. The zero-order valence-corrected chi connectivity index (χ0v) is 6.39. The van der Waals surface area contributed by atoms with Crippen molar-refractivity contribution >= 4 is 11.6 Å². The fourth-order valence-corrected chi connectivity index (χ4v) is 0.561. The predicted octanol–water partition coefficient (Wildman–Crippen LogP) is 0.129. The summed E-state index contributed by atoms with van der Waals surface area (Å²) in [5, 5.41) is 0. The molecule has 0 aliphatic heterocycles. The molecule has 3 heteroatoms. The van der Waals surface area contributed by atoms with E-state index < -0.39 is 5.78 Å². The molecule has 0 fully saturated rings. The normalized spacial score (nSPS) is 12.7. The number of hydrogen-bond acceptors (Lipinski definition) is 3. The molecule has 0 aromatic carbocycles. The number of carbonyl (C=O) groups is 2. The molecule has 0 aliphatic rings. The van der Waals surface area contributed by atoms with Crippen LogP contribution >= 0.6 is 0 Å². The number of rotatable bonds is 4. The Bertz CT molecular complexity index is 143. The van der Waals surface area contributed by atoms with Gasteiger partial charge in [0.1, 0.15) is 0 Å². The second-order valence-corrected chi connectivity index (χ2v) is 2.30. The molecule has 0 spiro atoms. The summed E-state index contributed by atoms with van der Waals surface area (Å²) in [4.78, 5) is 21.5. The second kappa shape index (κ2) is 4.17. The number of hydrogen-bond donors (Lipinski definition) is 1. The van der Waals surface area contributed by atoms with Crippen LogP contribution in [-0.2, 0) is 9.59 Å². The molecule has 0 aliphatic carbocycles. The van der Waals surface area contributed by atoms with Crippen LogP contribution in [0.25, 0.3) is 0 Å². The topological polar surface area (TPSA) is 60.2 Å². The molecule has 3 nitrogen and oxygen atoms in total. The van der Waals surface area contributed by atoms with Crippen LogP contribution in [0.2, 0.25) is 0 Å². The first-order chi connectivity index (χ1) is 4.63. The van der Waals surface area contributed by atoms with E-state index in [4.69, 9.17) is 5.73 Å². The Balaban J connectivity index is 3.95. The molecule has 1 atom stereocenters. The lowest BCUT2D eigenvalue weighted by Gasteiger charge is -2.03. The van der Waals surface area contributed by atoms with Gasteiger partial charge in [0, 0.05) is 5.92 Å². The lowest BCUT2D eigenvalue weighted by atomic mass is 10.0. The molecule has 0 saturated carbocycles. The van der Waals surface area contributed by atoms with Crippen molar-refractivity contribution in [3.63, 3.8) is 0 Å². The highest BCUT2D eigenvalue weighted by Crippen LogP contribution is 2.01. The molecule has 0 aromatic rings. The maximum Gasteiger partial charge on any atom is 0.212 e. The molecular formula is C7H13NO2. The summed E-state index contributed by atoms with van der Waals surface area (Å²) >= 11 is 0. The van der Waals surface area contributed by atoms with Gasteiger partial charge in [0.25, 0.3) is 0 Å². The van der Waals surface area contributed by atoms with E-state index in [1.165, 1.54) is 0 Å². The van der Waals surface area contributed by atoms with Gasteiger partial charge in [-0.15, -0.1) is 0 Å². The first-order valence-corrected chi connectivity index (χ1v) is 3.40. The van der Waals surface area contributed by atoms with Crippen molar-refractivity contribution in [3.8, 4) is 0 Å². The largest absolute Gasteiger partial charge is 0.324 e. The van der Waals surface area contributed by atoms with Gasteiger partial charge in [0.05, 0.1) is 6.54 Å². The van der Waals surface area contributed by atoms with E-state index in [1.807, 2.05) is 6.92 Å². The first-order valence-electron chi connectivity index (χ1n) is 3.40. The Labute approximate surface area is 60.6 Å². The lowest BCUT2D eigenvalue weighted by Crippen LogP contribution is -2.27. The van der Waals surface area contributed by atoms with Crippen molar-refractivity contribution in [2.45, 2.75) is 20.3 Å². The van der Waals surface area contributed by atoms with E-state index in [1.54, 1.807) is 6.92 Å². The van der Waals surface area contributed by atoms with Crippen molar-refractivity contribution in [2.24, 2.45) is 11.7 Å². The molecule has 0 aromatic heterocycles. The lowest BCUT2D eigenvalue weighted by molar-refractivity contribution is -0.137. The third-order valence-corrected chi connectivity index (χ3v) is 1.52. The van der Waals surface area contributed by atoms with Crippen molar-refractivity contribution in [1.29, 1.82) is 0 Å². The molecule has 0 heterocycles. The minimum Gasteiger partial charge on any atom is -0.324 e. The van der Waals surface area contributed by atoms with E-state index in [-0.39, 0.29) is 18.2 Å². The summed E-state index contributed by atoms with van der Waals surface area (Å²) < 4.78 is 0. The monoisotopic (exact) mass is 143 g/mol. The number of nitrogens with two attached hydrogens (primary N) is 1. The van der Waals surface area contributed by atoms with Gasteiger partial charge in [-0.05, 0) is 6.42 Å². The average Bonchev–Trinajstić information content (AvgIpc) is 2.00. The maximum atomic E-state index is 10.9. The summed E-state index contributed by atoms with van der Waals surface area (Å²) in [6, 6.07) is 0. The zero-order chi connectivity index (χ0) is 8.15. The third-order valence-electron chi connectivity index (χ3n) is 1.52. The quantitative estimate of drug-likeness (QED) is 0.569. The molecular weight excluding hydrogens is 130 g/mol. The van der Waals surface area contributed by atoms with E-state index in [9.17, 15) is 9.59 Å². The van der Waals surface area contributed by atoms with E-state index in [2.05, 4.69) is 0 Å². The Kier molecular flexibility index (Phi) is 3.88. The van der Waals surface area contributed by atoms with Gasteiger partial charge in [-0.25, -0.2) is 0 Å². The standard InChI is InChI=1S/C7H13NO2/c1-3-5(2)7(10)6(9)4-8/h5H,3-4,8H2,1-2H3/t5-/m0/s1. The van der Waals surface area contributed by atoms with Gasteiger partial charge in [-0.2, -0.15) is 0 Å². The summed E-state index contributed by atoms with van der Waals surface area (Å²) in [7, 11) is 0. The van der Waals surface area contributed by atoms with E-state index in [0.29, 0.717) is 6.42 Å². The van der Waals surface area contributed by atoms with E-state index in [0.717, 1.165) is 0 Å². The van der Waals surface area contributed by atoms with E-state index >= 15 is 0 Å². The summed E-state index contributed by atoms with van der Waals surface area (Å²) in [6.07, 6.45) is 0.699. The molecule has 0 saturated heterocycles. The number of ketones is 2. The van der Waals surface area contributed by atoms with Crippen LogP contribution in [0.4, 0.5) is 0 Å². The van der Waals surface area contributed by atoms with Gasteiger partial charge in [-0.3, -0.25) is 9.59 Å². The highest BCUT2D eigenvalue weighted by Gasteiger charge is 2.17. The van der Waals surface area contributed by atoms with Crippen molar-refractivity contribution in [2.75, 3.05) is 6.54 Å². The molecule has 2 N–H and O–H groups in total. The smallest absolute Gasteiger partial charge is 0.212 e. The molecule has 0 bridgehead atoms. The number of Topliss-reactive ketones (excluding diaryl/α,β-unsaturated/α-hetero) is 2.